The predicted molar refractivity (Wildman–Crippen MR) is 29.2 cm³/mol. The second kappa shape index (κ2) is 13.2. The SMILES string of the molecule is O=C([O-])CC(O)(CC(=O)[O-])C(=O)[O-].[Fr+].[Fr+].[Fr+]. The first-order valence-corrected chi connectivity index (χ1v) is 3.11. The summed E-state index contributed by atoms with van der Waals surface area (Å²) >= 11 is 0. The Kier molecular flexibility index (Phi) is 22.6. The molecule has 0 aromatic heterocycles. The third-order valence-electron chi connectivity index (χ3n) is 1.25. The molecule has 0 aromatic rings. The van der Waals surface area contributed by atoms with E-state index in [1.165, 1.54) is 0 Å². The molecular formula is C6H5Fr3O7. The Bertz CT molecular complexity index is 239. The van der Waals surface area contributed by atoms with E-state index in [1.807, 2.05) is 0 Å². The van der Waals surface area contributed by atoms with E-state index in [2.05, 4.69) is 0 Å². The van der Waals surface area contributed by atoms with Crippen LogP contribution in [0.5, 0.6) is 0 Å². The van der Waals surface area contributed by atoms with Crippen LogP contribution >= 0.6 is 0 Å². The van der Waals surface area contributed by atoms with Crippen LogP contribution in [0, 0.1) is 150 Å². The molecule has 0 heterocycles. The normalized spacial score (nSPS) is 8.81. The maximum atomic E-state index is 10.1. The van der Waals surface area contributed by atoms with Crippen molar-refractivity contribution < 1.29 is 184 Å². The van der Waals surface area contributed by atoms with Crippen LogP contribution in [0.3, 0.4) is 0 Å². The number of carbonyl (C=O) groups is 3. The van der Waals surface area contributed by atoms with Crippen LogP contribution in [-0.4, -0.2) is 28.6 Å². The zero-order valence-corrected chi connectivity index (χ0v) is 34.0. The van der Waals surface area contributed by atoms with Crippen molar-refractivity contribution in [2.45, 2.75) is 18.4 Å². The van der Waals surface area contributed by atoms with Crippen molar-refractivity contribution in [2.24, 2.45) is 0 Å². The van der Waals surface area contributed by atoms with Crippen LogP contribution in [0.2, 0.25) is 0 Å². The van der Waals surface area contributed by atoms with Crippen LogP contribution in [0.15, 0.2) is 0 Å². The molecule has 0 aliphatic carbocycles. The molecule has 74 valence electrons. The molecule has 1 N–H and O–H groups in total. The predicted octanol–water partition coefficient (Wildman–Crippen LogP) is -5.25. The van der Waals surface area contributed by atoms with Gasteiger partial charge in [0.1, 0.15) is 5.60 Å². The van der Waals surface area contributed by atoms with E-state index >= 15 is 0 Å². The van der Waals surface area contributed by atoms with Gasteiger partial charge in [-0.3, -0.25) is 0 Å². The number of hydrogen-bond donors (Lipinski definition) is 1. The van der Waals surface area contributed by atoms with Crippen LogP contribution in [-0.2, 0) is 14.4 Å². The number of carbonyl (C=O) groups excluding carboxylic acids is 3. The van der Waals surface area contributed by atoms with Crippen molar-refractivity contribution in [3.8, 4) is 0 Å². The van der Waals surface area contributed by atoms with Crippen molar-refractivity contribution in [3.05, 3.63) is 0 Å². The van der Waals surface area contributed by atoms with E-state index in [0.29, 0.717) is 0 Å². The van der Waals surface area contributed by atoms with Gasteiger partial charge in [0.15, 0.2) is 0 Å². The summed E-state index contributed by atoms with van der Waals surface area (Å²) in [6.45, 7) is 0. The fourth-order valence-electron chi connectivity index (χ4n) is 0.684. The second-order valence-corrected chi connectivity index (χ2v) is 2.42. The van der Waals surface area contributed by atoms with Gasteiger partial charge in [-0.15, -0.1) is 0 Å². The van der Waals surface area contributed by atoms with Crippen LogP contribution in [0.4, 0.5) is 0 Å². The van der Waals surface area contributed by atoms with Crippen molar-refractivity contribution >= 4 is 17.9 Å². The van der Waals surface area contributed by atoms with Crippen LogP contribution in [0.25, 0.3) is 0 Å². The smallest absolute Gasteiger partial charge is 0.550 e. The number of carboxylic acid groups (broad SMARTS) is 3. The fourth-order valence-corrected chi connectivity index (χ4v) is 0.684. The topological polar surface area (TPSA) is 141 Å². The average Bonchev–Trinajstić information content (AvgIpc) is 1.82. The maximum absolute atomic E-state index is 10.1. The molecule has 0 atom stereocenters. The molecule has 16 heavy (non-hydrogen) atoms. The van der Waals surface area contributed by atoms with Gasteiger partial charge < -0.3 is 34.8 Å². The fraction of sp³-hybridized carbons (Fsp3) is 0.500. The van der Waals surface area contributed by atoms with Crippen LogP contribution in [0.1, 0.15) is 12.8 Å². The maximum Gasteiger partial charge on any atom is 1.00 e. The second-order valence-electron chi connectivity index (χ2n) is 2.42. The molecule has 0 radical (unpaired) electrons. The largest absolute Gasteiger partial charge is 1.00 e. The Morgan fingerprint density at radius 3 is 1.25 bits per heavy atom. The summed E-state index contributed by atoms with van der Waals surface area (Å²) in [5, 5.41) is 38.9. The molecule has 0 fully saturated rings. The van der Waals surface area contributed by atoms with E-state index in [9.17, 15) is 29.7 Å². The number of aliphatic hydroxyl groups is 1. The zero-order chi connectivity index (χ0) is 10.6. The first-order valence-electron chi connectivity index (χ1n) is 3.11. The Morgan fingerprint density at radius 1 is 0.875 bits per heavy atom. The van der Waals surface area contributed by atoms with Crippen molar-refractivity contribution in [1.29, 1.82) is 0 Å². The minimum atomic E-state index is -2.97. The molecule has 0 aliphatic rings. The Hall–Kier alpha value is 3.16. The van der Waals surface area contributed by atoms with E-state index in [0.717, 1.165) is 0 Å². The van der Waals surface area contributed by atoms with Gasteiger partial charge in [-0.1, -0.05) is 0 Å². The molecule has 0 saturated carbocycles. The summed E-state index contributed by atoms with van der Waals surface area (Å²) in [7, 11) is 0. The molecular weight excluding hydrogens is 853 g/mol. The molecule has 10 heteroatoms. The van der Waals surface area contributed by atoms with Gasteiger partial charge in [-0.25, -0.2) is 0 Å². The first kappa shape index (κ1) is 27.5. The molecule has 7 nitrogen and oxygen atoms in total. The third kappa shape index (κ3) is 12.2. The number of rotatable bonds is 5. The minimum absolute atomic E-state index is 0. The molecule has 0 aromatic carbocycles. The average molecular weight is 858 g/mol. The summed E-state index contributed by atoms with van der Waals surface area (Å²) in [5.41, 5.74) is -2.97. The van der Waals surface area contributed by atoms with Crippen molar-refractivity contribution in [1.82, 2.24) is 0 Å². The Balaban J connectivity index is -0.000000240. The van der Waals surface area contributed by atoms with E-state index in [4.69, 9.17) is 5.11 Å². The molecule has 0 rings (SSSR count). The van der Waals surface area contributed by atoms with Gasteiger partial charge in [-0.05, 0) is 0 Å². The summed E-state index contributed by atoms with van der Waals surface area (Å²) in [5.74, 6) is -5.98. The number of carboxylic acids is 3. The summed E-state index contributed by atoms with van der Waals surface area (Å²) in [6, 6.07) is 0. The summed E-state index contributed by atoms with van der Waals surface area (Å²) in [4.78, 5) is 30.0. The van der Waals surface area contributed by atoms with Crippen LogP contribution < -0.4 is 15.3 Å². The monoisotopic (exact) mass is 858 g/mol. The quantitative estimate of drug-likeness (QED) is 0.292. The zero-order valence-electron chi connectivity index (χ0n) is 9.31. The molecule has 0 bridgehead atoms. The van der Waals surface area contributed by atoms with E-state index in [1.54, 1.807) is 0 Å². The standard InChI is InChI=1S/C6H8O7.3Fr/c7-3(8)1-6(13,5(11)12)2-4(9)10;;;/h13H,1-2H2,(H,7,8)(H,9,10)(H,11,12);;;/q;3*+1/p-3. The Labute approximate surface area is 215 Å². The molecule has 0 amide bonds. The van der Waals surface area contributed by atoms with Gasteiger partial charge in [0, 0.05) is 24.8 Å². The van der Waals surface area contributed by atoms with E-state index < -0.39 is 36.4 Å². The minimum Gasteiger partial charge on any atom is -0.550 e. The van der Waals surface area contributed by atoms with Gasteiger partial charge >= 0.3 is 150 Å². The molecule has 0 spiro atoms. The summed E-state index contributed by atoms with van der Waals surface area (Å²) < 4.78 is 0. The van der Waals surface area contributed by atoms with Gasteiger partial charge in [-0.2, -0.15) is 0 Å². The van der Waals surface area contributed by atoms with E-state index in [-0.39, 0.29) is 150 Å². The third-order valence-corrected chi connectivity index (χ3v) is 1.25. The van der Waals surface area contributed by atoms with Crippen molar-refractivity contribution in [2.75, 3.05) is 0 Å². The van der Waals surface area contributed by atoms with Gasteiger partial charge in [0.2, 0.25) is 0 Å². The molecule has 0 unspecified atom stereocenters. The Morgan fingerprint density at radius 2 is 1.12 bits per heavy atom. The van der Waals surface area contributed by atoms with Gasteiger partial charge in [0.25, 0.3) is 0 Å². The number of aliphatic carboxylic acids is 3. The van der Waals surface area contributed by atoms with Crippen molar-refractivity contribution in [3.63, 3.8) is 0 Å². The first-order chi connectivity index (χ1) is 5.78. The number of hydrogen-bond acceptors (Lipinski definition) is 7. The molecule has 0 aliphatic heterocycles. The summed E-state index contributed by atoms with van der Waals surface area (Å²) in [6.07, 6.45) is -2.72. The van der Waals surface area contributed by atoms with Gasteiger partial charge in [0.05, 0.1) is 5.97 Å². The molecule has 0 saturated heterocycles.